The molecule has 1 aliphatic heterocycles. The van der Waals surface area contributed by atoms with Gasteiger partial charge >= 0.3 is 0 Å². The Morgan fingerprint density at radius 3 is 2.44 bits per heavy atom. The predicted molar refractivity (Wildman–Crippen MR) is 201 cm³/mol. The molecule has 1 amide bonds. The normalized spacial score (nSPS) is 14.2. The van der Waals surface area contributed by atoms with Crippen molar-refractivity contribution in [2.75, 3.05) is 19.5 Å². The summed E-state index contributed by atoms with van der Waals surface area (Å²) in [5.74, 6) is 1.41. The van der Waals surface area contributed by atoms with E-state index in [9.17, 15) is 9.59 Å². The van der Waals surface area contributed by atoms with Crippen LogP contribution in [0.25, 0.3) is 16.8 Å². The van der Waals surface area contributed by atoms with Crippen molar-refractivity contribution in [3.63, 3.8) is 0 Å². The van der Waals surface area contributed by atoms with Gasteiger partial charge in [-0.15, -0.1) is 0 Å². The van der Waals surface area contributed by atoms with Crippen LogP contribution < -0.4 is 34.4 Å². The van der Waals surface area contributed by atoms with Gasteiger partial charge in [-0.25, -0.2) is 4.99 Å². The monoisotopic (exact) mass is 745 g/mol. The van der Waals surface area contributed by atoms with Gasteiger partial charge in [0, 0.05) is 5.69 Å². The minimum absolute atomic E-state index is 0.265. The third-order valence-electron chi connectivity index (χ3n) is 8.53. The number of nitrogens with zero attached hydrogens (tertiary/aromatic N) is 2. The molecule has 0 unspecified atom stereocenters. The van der Waals surface area contributed by atoms with Crippen molar-refractivity contribution in [3.8, 4) is 17.2 Å². The third-order valence-corrected chi connectivity index (χ3v) is 10.1. The number of aromatic nitrogens is 1. The Bertz CT molecular complexity index is 2450. The second-order valence-corrected chi connectivity index (χ2v) is 13.5. The first-order valence-corrected chi connectivity index (χ1v) is 17.5. The lowest BCUT2D eigenvalue weighted by Gasteiger charge is -2.25. The third kappa shape index (κ3) is 6.47. The molecule has 8 nitrogen and oxygen atoms in total. The van der Waals surface area contributed by atoms with E-state index in [2.05, 4.69) is 45.5 Å². The summed E-state index contributed by atoms with van der Waals surface area (Å²) in [5.41, 5.74) is 3.84. The van der Waals surface area contributed by atoms with E-state index in [4.69, 9.17) is 19.2 Å². The number of carbonyl (C=O) groups excluding carboxylic acids is 1. The number of fused-ring (bicyclic) bond motifs is 2. The Balaban J connectivity index is 1.26. The van der Waals surface area contributed by atoms with Crippen LogP contribution in [0.3, 0.4) is 0 Å². The summed E-state index contributed by atoms with van der Waals surface area (Å²) < 4.78 is 20.2. The number of carbonyl (C=O) groups is 1. The van der Waals surface area contributed by atoms with Crippen LogP contribution in [0.1, 0.15) is 29.7 Å². The fraction of sp³-hybridized carbons (Fsp3) is 0.125. The Morgan fingerprint density at radius 1 is 0.940 bits per heavy atom. The van der Waals surface area contributed by atoms with Crippen molar-refractivity contribution in [1.82, 2.24) is 4.57 Å². The molecule has 0 saturated heterocycles. The molecule has 50 heavy (non-hydrogen) atoms. The molecule has 250 valence electrons. The molecular weight excluding hydrogens is 714 g/mol. The highest BCUT2D eigenvalue weighted by Crippen LogP contribution is 2.38. The van der Waals surface area contributed by atoms with Gasteiger partial charge in [-0.2, -0.15) is 0 Å². The molecule has 1 atom stereocenters. The van der Waals surface area contributed by atoms with Crippen LogP contribution in [0.15, 0.2) is 135 Å². The number of amides is 1. The number of hydrogen-bond donors (Lipinski definition) is 1. The first-order chi connectivity index (χ1) is 24.3. The number of hydrogen-bond acceptors (Lipinski definition) is 7. The molecule has 1 aliphatic rings. The Kier molecular flexibility index (Phi) is 9.38. The molecule has 0 aliphatic carbocycles. The molecule has 0 spiro atoms. The first kappa shape index (κ1) is 33.1. The summed E-state index contributed by atoms with van der Waals surface area (Å²) in [6.07, 6.45) is 1.81. The number of benzene rings is 5. The van der Waals surface area contributed by atoms with Crippen LogP contribution in [-0.2, 0) is 11.4 Å². The Hall–Kier alpha value is -5.45. The van der Waals surface area contributed by atoms with Crippen LogP contribution in [0.2, 0.25) is 0 Å². The van der Waals surface area contributed by atoms with Gasteiger partial charge in [0.1, 0.15) is 12.4 Å². The lowest BCUT2D eigenvalue weighted by Crippen LogP contribution is -2.40. The maximum absolute atomic E-state index is 14.3. The van der Waals surface area contributed by atoms with E-state index in [0.717, 1.165) is 27.5 Å². The summed E-state index contributed by atoms with van der Waals surface area (Å²) >= 11 is 4.94. The van der Waals surface area contributed by atoms with E-state index >= 15 is 0 Å². The number of para-hydroxylation sites is 1. The van der Waals surface area contributed by atoms with E-state index in [1.807, 2.05) is 84.9 Å². The van der Waals surface area contributed by atoms with E-state index in [1.54, 1.807) is 31.8 Å². The summed E-state index contributed by atoms with van der Waals surface area (Å²) in [6, 6.07) is 34.0. The quantitative estimate of drug-likeness (QED) is 0.167. The Labute approximate surface area is 300 Å². The van der Waals surface area contributed by atoms with Crippen molar-refractivity contribution in [1.29, 1.82) is 0 Å². The average molecular weight is 747 g/mol. The zero-order valence-corrected chi connectivity index (χ0v) is 29.9. The number of nitrogens with one attached hydrogen (secondary N) is 1. The number of allylic oxidation sites excluding steroid dienone is 1. The maximum atomic E-state index is 14.3. The minimum Gasteiger partial charge on any atom is -0.497 e. The second kappa shape index (κ2) is 14.2. The van der Waals surface area contributed by atoms with Gasteiger partial charge in [-0.05, 0) is 92.8 Å². The topological polar surface area (TPSA) is 91.2 Å². The SMILES string of the molecule is COc1ccc([C@@H]2C(C(=O)Nc3ccccc3)=C(C)N=c3s/c(=C/c4cc(Br)c(OCc5cccc6ccccc56)c(OC)c4)c(=O)n32)cc1. The van der Waals surface area contributed by atoms with Gasteiger partial charge in [-0.1, -0.05) is 84.1 Å². The van der Waals surface area contributed by atoms with Crippen LogP contribution in [0.5, 0.6) is 17.2 Å². The fourth-order valence-electron chi connectivity index (χ4n) is 6.12. The van der Waals surface area contributed by atoms with Crippen LogP contribution in [0, 0.1) is 0 Å². The number of methoxy groups -OCH3 is 2. The molecule has 7 rings (SSSR count). The number of ether oxygens (including phenoxy) is 3. The molecule has 2 heterocycles. The van der Waals surface area contributed by atoms with Gasteiger partial charge in [-0.3, -0.25) is 14.2 Å². The van der Waals surface area contributed by atoms with Crippen molar-refractivity contribution in [3.05, 3.63) is 161 Å². The molecule has 6 aromatic rings. The summed E-state index contributed by atoms with van der Waals surface area (Å²) in [6.45, 7) is 2.14. The maximum Gasteiger partial charge on any atom is 0.271 e. The van der Waals surface area contributed by atoms with Crippen molar-refractivity contribution in [2.24, 2.45) is 4.99 Å². The molecule has 0 fully saturated rings. The smallest absolute Gasteiger partial charge is 0.271 e. The first-order valence-electron chi connectivity index (χ1n) is 15.8. The highest BCUT2D eigenvalue weighted by Gasteiger charge is 2.32. The number of thiazole rings is 1. The summed E-state index contributed by atoms with van der Waals surface area (Å²) in [5, 5.41) is 5.25. The highest BCUT2D eigenvalue weighted by atomic mass is 79.9. The largest absolute Gasteiger partial charge is 0.497 e. The predicted octanol–water partition coefficient (Wildman–Crippen LogP) is 7.39. The van der Waals surface area contributed by atoms with E-state index in [-0.39, 0.29) is 11.5 Å². The summed E-state index contributed by atoms with van der Waals surface area (Å²) in [4.78, 5) is 33.4. The van der Waals surface area contributed by atoms with Crippen molar-refractivity contribution >= 4 is 55.7 Å². The molecule has 0 saturated carbocycles. The Morgan fingerprint density at radius 2 is 1.68 bits per heavy atom. The van der Waals surface area contributed by atoms with Gasteiger partial charge in [0.25, 0.3) is 11.5 Å². The summed E-state index contributed by atoms with van der Waals surface area (Å²) in [7, 11) is 3.18. The zero-order valence-electron chi connectivity index (χ0n) is 27.5. The zero-order chi connectivity index (χ0) is 34.8. The molecule has 10 heteroatoms. The molecule has 1 N–H and O–H groups in total. The van der Waals surface area contributed by atoms with E-state index in [0.29, 0.717) is 54.6 Å². The molecule has 1 aromatic heterocycles. The van der Waals surface area contributed by atoms with E-state index < -0.39 is 6.04 Å². The fourth-order valence-corrected chi connectivity index (χ4v) is 7.74. The molecule has 0 radical (unpaired) electrons. The van der Waals surface area contributed by atoms with Gasteiger partial charge in [0.15, 0.2) is 16.3 Å². The molecule has 0 bridgehead atoms. The highest BCUT2D eigenvalue weighted by molar-refractivity contribution is 9.10. The van der Waals surface area contributed by atoms with Crippen molar-refractivity contribution < 1.29 is 19.0 Å². The van der Waals surface area contributed by atoms with Gasteiger partial charge in [0.05, 0.1) is 40.5 Å². The number of rotatable bonds is 9. The lowest BCUT2D eigenvalue weighted by molar-refractivity contribution is -0.113. The van der Waals surface area contributed by atoms with Gasteiger partial charge in [0.2, 0.25) is 0 Å². The van der Waals surface area contributed by atoms with Crippen LogP contribution >= 0.6 is 27.3 Å². The molecular formula is C40H32BrN3O5S. The van der Waals surface area contributed by atoms with E-state index in [1.165, 1.54) is 11.3 Å². The average Bonchev–Trinajstić information content (AvgIpc) is 3.44. The van der Waals surface area contributed by atoms with Crippen molar-refractivity contribution in [2.45, 2.75) is 19.6 Å². The molecule has 5 aromatic carbocycles. The minimum atomic E-state index is -0.714. The van der Waals surface area contributed by atoms with Gasteiger partial charge < -0.3 is 19.5 Å². The van der Waals surface area contributed by atoms with Crippen LogP contribution in [0.4, 0.5) is 5.69 Å². The second-order valence-electron chi connectivity index (χ2n) is 11.6. The standard InChI is InChI=1S/C40H32BrN3O5S/c1-24-35(38(45)43-29-13-5-4-6-14-29)36(27-16-18-30(47-2)19-17-27)44-39(46)34(50-40(44)42-24)22-25-20-32(41)37(33(21-25)48-3)49-23-28-12-9-11-26-10-7-8-15-31(26)28/h4-22,36H,23H2,1-3H3,(H,43,45)/b34-22+/t36-/m1/s1. The number of anilines is 1. The van der Waals surface area contributed by atoms with Crippen LogP contribution in [-0.4, -0.2) is 24.7 Å². The number of halogens is 1. The lowest BCUT2D eigenvalue weighted by atomic mass is 9.95.